The van der Waals surface area contributed by atoms with Gasteiger partial charge < -0.3 is 14.6 Å². The van der Waals surface area contributed by atoms with Gasteiger partial charge in [0, 0.05) is 11.7 Å². The molecule has 4 amide bonds. The van der Waals surface area contributed by atoms with E-state index in [4.69, 9.17) is 4.42 Å². The minimum atomic E-state index is -1.27. The number of hydrogen-bond acceptors (Lipinski definition) is 4. The Morgan fingerprint density at radius 1 is 1.38 bits per heavy atom. The SMILES string of the molecule is CC1(c2ccco2)NC(=O)N(CC(=O)N(C2=CCCCC2)C2CC2)C1=O. The third kappa shape index (κ3) is 2.81. The fraction of sp³-hybridized carbons (Fsp3) is 0.526. The van der Waals surface area contributed by atoms with Crippen LogP contribution in [0.1, 0.15) is 51.2 Å². The molecule has 3 aliphatic rings. The predicted octanol–water partition coefficient (Wildman–Crippen LogP) is 2.50. The molecule has 0 spiro atoms. The zero-order valence-electron chi connectivity index (χ0n) is 14.9. The van der Waals surface area contributed by atoms with Crippen LogP contribution in [-0.4, -0.2) is 40.2 Å². The Kier molecular flexibility index (Phi) is 4.09. The largest absolute Gasteiger partial charge is 0.466 e. The van der Waals surface area contributed by atoms with Crippen LogP contribution in [0, 0.1) is 0 Å². The smallest absolute Gasteiger partial charge is 0.325 e. The second-order valence-electron chi connectivity index (χ2n) is 7.36. The second kappa shape index (κ2) is 6.30. The number of nitrogens with zero attached hydrogens (tertiary/aromatic N) is 2. The number of imide groups is 1. The molecule has 138 valence electrons. The summed E-state index contributed by atoms with van der Waals surface area (Å²) < 4.78 is 5.32. The summed E-state index contributed by atoms with van der Waals surface area (Å²) >= 11 is 0. The molecule has 2 heterocycles. The van der Waals surface area contributed by atoms with E-state index in [1.807, 2.05) is 4.90 Å². The monoisotopic (exact) mass is 357 g/mol. The summed E-state index contributed by atoms with van der Waals surface area (Å²) in [5, 5.41) is 2.66. The molecule has 1 aliphatic heterocycles. The molecule has 1 atom stereocenters. The maximum absolute atomic E-state index is 13.0. The number of allylic oxidation sites excluding steroid dienone is 2. The Balaban J connectivity index is 1.52. The third-order valence-corrected chi connectivity index (χ3v) is 5.34. The number of nitrogens with one attached hydrogen (secondary N) is 1. The lowest BCUT2D eigenvalue weighted by Gasteiger charge is -2.29. The standard InChI is InChI=1S/C19H23N3O4/c1-19(15-8-5-11-26-15)17(24)21(18(25)20-19)12-16(23)22(14-9-10-14)13-6-3-2-4-7-13/h5-6,8,11,14H,2-4,7,9-10,12H2,1H3,(H,20,25). The Morgan fingerprint density at radius 2 is 2.19 bits per heavy atom. The predicted molar refractivity (Wildman–Crippen MR) is 92.7 cm³/mol. The van der Waals surface area contributed by atoms with Crippen LogP contribution in [0.25, 0.3) is 0 Å². The van der Waals surface area contributed by atoms with E-state index in [9.17, 15) is 14.4 Å². The van der Waals surface area contributed by atoms with Gasteiger partial charge in [-0.25, -0.2) is 4.79 Å². The van der Waals surface area contributed by atoms with Crippen molar-refractivity contribution < 1.29 is 18.8 Å². The van der Waals surface area contributed by atoms with Crippen LogP contribution < -0.4 is 5.32 Å². The molecule has 2 aliphatic carbocycles. The average molecular weight is 357 g/mol. The van der Waals surface area contributed by atoms with Gasteiger partial charge in [-0.1, -0.05) is 6.08 Å². The first kappa shape index (κ1) is 16.9. The Hall–Kier alpha value is -2.57. The molecule has 7 heteroatoms. The maximum Gasteiger partial charge on any atom is 0.325 e. The number of amides is 4. The number of hydrogen-bond donors (Lipinski definition) is 1. The minimum absolute atomic E-state index is 0.187. The topological polar surface area (TPSA) is 82.9 Å². The first-order valence-electron chi connectivity index (χ1n) is 9.20. The molecule has 26 heavy (non-hydrogen) atoms. The minimum Gasteiger partial charge on any atom is -0.466 e. The number of urea groups is 1. The summed E-state index contributed by atoms with van der Waals surface area (Å²) in [5.41, 5.74) is -0.223. The van der Waals surface area contributed by atoms with Crippen molar-refractivity contribution in [2.75, 3.05) is 6.54 Å². The summed E-state index contributed by atoms with van der Waals surface area (Å²) in [6.07, 6.45) is 9.61. The zero-order chi connectivity index (χ0) is 18.3. The van der Waals surface area contributed by atoms with E-state index in [0.29, 0.717) is 5.76 Å². The van der Waals surface area contributed by atoms with Gasteiger partial charge in [-0.15, -0.1) is 0 Å². The molecule has 1 N–H and O–H groups in total. The average Bonchev–Trinajstić information content (AvgIpc) is 3.24. The van der Waals surface area contributed by atoms with E-state index in [0.717, 1.165) is 49.1 Å². The first-order valence-corrected chi connectivity index (χ1v) is 9.20. The van der Waals surface area contributed by atoms with Crippen LogP contribution in [0.15, 0.2) is 34.6 Å². The van der Waals surface area contributed by atoms with Gasteiger partial charge in [-0.05, 0) is 57.6 Å². The molecule has 1 saturated carbocycles. The highest BCUT2D eigenvalue weighted by atomic mass is 16.3. The summed E-state index contributed by atoms with van der Waals surface area (Å²) in [6, 6.07) is 2.96. The maximum atomic E-state index is 13.0. The number of carbonyl (C=O) groups excluding carboxylic acids is 3. The van der Waals surface area contributed by atoms with Crippen molar-refractivity contribution in [2.45, 2.75) is 57.0 Å². The number of furan rings is 1. The van der Waals surface area contributed by atoms with Crippen LogP contribution >= 0.6 is 0 Å². The van der Waals surface area contributed by atoms with Crippen LogP contribution in [-0.2, 0) is 15.1 Å². The first-order chi connectivity index (χ1) is 12.5. The molecular formula is C19H23N3O4. The van der Waals surface area contributed by atoms with Gasteiger partial charge in [0.05, 0.1) is 6.26 Å². The van der Waals surface area contributed by atoms with Gasteiger partial charge in [0.2, 0.25) is 5.91 Å². The van der Waals surface area contributed by atoms with Crippen LogP contribution in [0.3, 0.4) is 0 Å². The van der Waals surface area contributed by atoms with E-state index < -0.39 is 17.5 Å². The van der Waals surface area contributed by atoms with E-state index in [-0.39, 0.29) is 18.5 Å². The van der Waals surface area contributed by atoms with Crippen molar-refractivity contribution in [3.8, 4) is 0 Å². The van der Waals surface area contributed by atoms with E-state index in [1.165, 1.54) is 6.26 Å². The fourth-order valence-corrected chi connectivity index (χ4v) is 3.75. The molecule has 0 bridgehead atoms. The summed E-state index contributed by atoms with van der Waals surface area (Å²) in [4.78, 5) is 41.0. The van der Waals surface area contributed by atoms with Crippen molar-refractivity contribution in [1.82, 2.24) is 15.1 Å². The second-order valence-corrected chi connectivity index (χ2v) is 7.36. The van der Waals surface area contributed by atoms with Crippen molar-refractivity contribution in [2.24, 2.45) is 0 Å². The summed E-state index contributed by atoms with van der Waals surface area (Å²) in [6.45, 7) is 1.35. The molecule has 7 nitrogen and oxygen atoms in total. The fourth-order valence-electron chi connectivity index (χ4n) is 3.75. The van der Waals surface area contributed by atoms with Crippen molar-refractivity contribution >= 4 is 17.8 Å². The number of carbonyl (C=O) groups is 3. The van der Waals surface area contributed by atoms with Gasteiger partial charge in [0.15, 0.2) is 5.54 Å². The molecule has 1 aromatic rings. The zero-order valence-corrected chi connectivity index (χ0v) is 14.9. The van der Waals surface area contributed by atoms with Crippen LogP contribution in [0.2, 0.25) is 0 Å². The van der Waals surface area contributed by atoms with Gasteiger partial charge >= 0.3 is 6.03 Å². The molecule has 1 unspecified atom stereocenters. The molecule has 4 rings (SSSR count). The normalized spacial score (nSPS) is 25.9. The molecule has 2 fully saturated rings. The van der Waals surface area contributed by atoms with Gasteiger partial charge in [-0.3, -0.25) is 14.5 Å². The lowest BCUT2D eigenvalue weighted by atomic mass is 9.99. The van der Waals surface area contributed by atoms with Gasteiger partial charge in [0.25, 0.3) is 5.91 Å². The van der Waals surface area contributed by atoms with Crippen molar-refractivity contribution in [3.63, 3.8) is 0 Å². The Bertz CT molecular complexity index is 766. The van der Waals surface area contributed by atoms with E-state index in [2.05, 4.69) is 11.4 Å². The molecule has 1 aromatic heterocycles. The lowest BCUT2D eigenvalue weighted by Crippen LogP contribution is -2.45. The molecule has 0 aromatic carbocycles. The van der Waals surface area contributed by atoms with Crippen molar-refractivity contribution in [3.05, 3.63) is 35.9 Å². The molecular weight excluding hydrogens is 334 g/mol. The van der Waals surface area contributed by atoms with Crippen molar-refractivity contribution in [1.29, 1.82) is 0 Å². The Labute approximate surface area is 152 Å². The van der Waals surface area contributed by atoms with E-state index in [1.54, 1.807) is 19.1 Å². The number of rotatable bonds is 5. The van der Waals surface area contributed by atoms with E-state index >= 15 is 0 Å². The highest BCUT2D eigenvalue weighted by Crippen LogP contribution is 2.35. The molecule has 1 saturated heterocycles. The van der Waals surface area contributed by atoms with Crippen LogP contribution in [0.5, 0.6) is 0 Å². The summed E-state index contributed by atoms with van der Waals surface area (Å²) in [7, 11) is 0. The summed E-state index contributed by atoms with van der Waals surface area (Å²) in [5.74, 6) is -0.285. The van der Waals surface area contributed by atoms with Gasteiger partial charge in [0.1, 0.15) is 12.3 Å². The molecule has 0 radical (unpaired) electrons. The quantitative estimate of drug-likeness (QED) is 0.821. The third-order valence-electron chi connectivity index (χ3n) is 5.34. The van der Waals surface area contributed by atoms with Crippen LogP contribution in [0.4, 0.5) is 4.79 Å². The highest BCUT2D eigenvalue weighted by Gasteiger charge is 2.52. The highest BCUT2D eigenvalue weighted by molar-refractivity contribution is 6.09. The van der Waals surface area contributed by atoms with Gasteiger partial charge in [-0.2, -0.15) is 0 Å². The lowest BCUT2D eigenvalue weighted by molar-refractivity contribution is -0.138. The Morgan fingerprint density at radius 3 is 2.81 bits per heavy atom.